The number of nitrogens with zero attached hydrogens (tertiary/aromatic N) is 2. The van der Waals surface area contributed by atoms with Crippen molar-refractivity contribution in [2.24, 2.45) is 0 Å². The molecular formula is C15H21N3O2. The van der Waals surface area contributed by atoms with Gasteiger partial charge in [0, 0.05) is 11.6 Å². The van der Waals surface area contributed by atoms with Crippen molar-refractivity contribution in [3.63, 3.8) is 0 Å². The van der Waals surface area contributed by atoms with Crippen molar-refractivity contribution in [2.75, 3.05) is 14.2 Å². The van der Waals surface area contributed by atoms with Crippen molar-refractivity contribution >= 4 is 0 Å². The molecule has 1 heterocycles. The topological polar surface area (TPSA) is 60.2 Å². The van der Waals surface area contributed by atoms with Crippen LogP contribution < -0.4 is 10.1 Å². The van der Waals surface area contributed by atoms with Crippen LogP contribution in [0.1, 0.15) is 32.1 Å². The normalized spacial score (nSPS) is 14.0. The lowest BCUT2D eigenvalue weighted by Crippen LogP contribution is -2.28. The number of likely N-dealkylation sites (N-methyl/N-ethyl adjacent to an activating group) is 1. The fraction of sp³-hybridized carbons (Fsp3) is 0.467. The van der Waals surface area contributed by atoms with Gasteiger partial charge in [0.15, 0.2) is 0 Å². The Bertz CT molecular complexity index is 536. The Labute approximate surface area is 119 Å². The van der Waals surface area contributed by atoms with Crippen LogP contribution in [-0.4, -0.2) is 30.3 Å². The Morgan fingerprint density at radius 1 is 1.30 bits per heavy atom. The van der Waals surface area contributed by atoms with E-state index in [1.165, 1.54) is 0 Å². The molecule has 2 unspecified atom stereocenters. The van der Waals surface area contributed by atoms with Crippen LogP contribution in [0.15, 0.2) is 28.8 Å². The molecule has 1 aromatic heterocycles. The minimum Gasteiger partial charge on any atom is -0.497 e. The van der Waals surface area contributed by atoms with Crippen molar-refractivity contribution < 1.29 is 9.26 Å². The monoisotopic (exact) mass is 275 g/mol. The molecule has 5 heteroatoms. The van der Waals surface area contributed by atoms with E-state index in [0.717, 1.165) is 17.7 Å². The molecule has 0 radical (unpaired) electrons. The van der Waals surface area contributed by atoms with Crippen LogP contribution in [0.4, 0.5) is 0 Å². The van der Waals surface area contributed by atoms with Crippen LogP contribution >= 0.6 is 0 Å². The molecule has 5 nitrogen and oxygen atoms in total. The van der Waals surface area contributed by atoms with Crippen molar-refractivity contribution in [2.45, 2.75) is 32.2 Å². The first kappa shape index (κ1) is 14.5. The fourth-order valence-corrected chi connectivity index (χ4v) is 2.19. The second-order valence-corrected chi connectivity index (χ2v) is 4.78. The maximum absolute atomic E-state index is 5.42. The van der Waals surface area contributed by atoms with E-state index in [1.807, 2.05) is 31.3 Å². The first-order valence-corrected chi connectivity index (χ1v) is 6.84. The molecule has 0 bridgehead atoms. The van der Waals surface area contributed by atoms with Crippen molar-refractivity contribution in [1.82, 2.24) is 15.5 Å². The zero-order valence-electron chi connectivity index (χ0n) is 12.4. The molecule has 0 spiro atoms. The number of benzene rings is 1. The fourth-order valence-electron chi connectivity index (χ4n) is 2.19. The molecule has 2 atom stereocenters. The van der Waals surface area contributed by atoms with E-state index in [4.69, 9.17) is 9.26 Å². The summed E-state index contributed by atoms with van der Waals surface area (Å²) in [6.07, 6.45) is 0.951. The summed E-state index contributed by atoms with van der Waals surface area (Å²) < 4.78 is 10.6. The predicted octanol–water partition coefficient (Wildman–Crippen LogP) is 2.85. The van der Waals surface area contributed by atoms with Gasteiger partial charge in [0.05, 0.1) is 13.0 Å². The second kappa shape index (κ2) is 6.52. The maximum atomic E-state index is 5.42. The molecule has 2 rings (SSSR count). The number of hydrogen-bond donors (Lipinski definition) is 1. The standard InChI is InChI=1S/C15H21N3O2/c1-5-13(10(2)16-3)15-17-14(18-20-15)11-6-8-12(19-4)9-7-11/h6-10,13,16H,5H2,1-4H3. The number of nitrogens with one attached hydrogen (secondary N) is 1. The highest BCUT2D eigenvalue weighted by Crippen LogP contribution is 2.25. The highest BCUT2D eigenvalue weighted by atomic mass is 16.5. The molecule has 0 saturated heterocycles. The molecule has 1 aromatic carbocycles. The summed E-state index contributed by atoms with van der Waals surface area (Å²) in [5.74, 6) is 2.33. The van der Waals surface area contributed by atoms with Crippen molar-refractivity contribution in [1.29, 1.82) is 0 Å². The maximum Gasteiger partial charge on any atom is 0.231 e. The molecule has 1 N–H and O–H groups in total. The average molecular weight is 275 g/mol. The molecule has 0 fully saturated rings. The molecule has 2 aromatic rings. The van der Waals surface area contributed by atoms with Gasteiger partial charge in [0.2, 0.25) is 11.7 Å². The Hall–Kier alpha value is -1.88. The molecule has 0 saturated carbocycles. The number of aromatic nitrogens is 2. The summed E-state index contributed by atoms with van der Waals surface area (Å²) in [5.41, 5.74) is 0.924. The van der Waals surface area contributed by atoms with E-state index < -0.39 is 0 Å². The van der Waals surface area contributed by atoms with E-state index in [1.54, 1.807) is 7.11 Å². The molecule has 0 aliphatic carbocycles. The summed E-state index contributed by atoms with van der Waals surface area (Å²) in [4.78, 5) is 4.52. The Morgan fingerprint density at radius 2 is 2.00 bits per heavy atom. The number of rotatable bonds is 6. The zero-order chi connectivity index (χ0) is 14.5. The SMILES string of the molecule is CCC(c1nc(-c2ccc(OC)cc2)no1)C(C)NC. The molecule has 0 aliphatic rings. The summed E-state index contributed by atoms with van der Waals surface area (Å²) >= 11 is 0. The molecule has 20 heavy (non-hydrogen) atoms. The van der Waals surface area contributed by atoms with Gasteiger partial charge in [-0.25, -0.2) is 0 Å². The lowest BCUT2D eigenvalue weighted by Gasteiger charge is -2.17. The third kappa shape index (κ3) is 2.99. The van der Waals surface area contributed by atoms with Gasteiger partial charge in [-0.1, -0.05) is 12.1 Å². The Kier molecular flexibility index (Phi) is 4.74. The minimum atomic E-state index is 0.222. The zero-order valence-corrected chi connectivity index (χ0v) is 12.4. The average Bonchev–Trinajstić information content (AvgIpc) is 2.97. The van der Waals surface area contributed by atoms with Crippen molar-refractivity contribution in [3.8, 4) is 17.1 Å². The first-order chi connectivity index (χ1) is 9.69. The highest BCUT2D eigenvalue weighted by molar-refractivity contribution is 5.55. The third-order valence-electron chi connectivity index (χ3n) is 3.61. The summed E-state index contributed by atoms with van der Waals surface area (Å²) in [6, 6.07) is 7.92. The summed E-state index contributed by atoms with van der Waals surface area (Å²) in [5, 5.41) is 7.31. The van der Waals surface area contributed by atoms with Crippen molar-refractivity contribution in [3.05, 3.63) is 30.2 Å². The van der Waals surface area contributed by atoms with Gasteiger partial charge in [0.25, 0.3) is 0 Å². The lowest BCUT2D eigenvalue weighted by molar-refractivity contribution is 0.322. The van der Waals surface area contributed by atoms with E-state index in [9.17, 15) is 0 Å². The largest absolute Gasteiger partial charge is 0.497 e. The van der Waals surface area contributed by atoms with Gasteiger partial charge in [-0.05, 0) is 44.7 Å². The first-order valence-electron chi connectivity index (χ1n) is 6.84. The molecule has 0 aliphatic heterocycles. The van der Waals surface area contributed by atoms with Crippen LogP contribution in [-0.2, 0) is 0 Å². The Morgan fingerprint density at radius 3 is 2.55 bits per heavy atom. The predicted molar refractivity (Wildman–Crippen MR) is 77.8 cm³/mol. The lowest BCUT2D eigenvalue weighted by atomic mass is 9.98. The summed E-state index contributed by atoms with van der Waals surface area (Å²) in [7, 11) is 3.58. The minimum absolute atomic E-state index is 0.222. The van der Waals surface area contributed by atoms with Gasteiger partial charge in [-0.3, -0.25) is 0 Å². The number of hydrogen-bond acceptors (Lipinski definition) is 5. The Balaban J connectivity index is 2.22. The van der Waals surface area contributed by atoms with Gasteiger partial charge in [0.1, 0.15) is 5.75 Å². The van der Waals surface area contributed by atoms with E-state index in [-0.39, 0.29) is 5.92 Å². The third-order valence-corrected chi connectivity index (χ3v) is 3.61. The van der Waals surface area contributed by atoms with Crippen LogP contribution in [0, 0.1) is 0 Å². The molecule has 0 amide bonds. The second-order valence-electron chi connectivity index (χ2n) is 4.78. The van der Waals surface area contributed by atoms with Crippen LogP contribution in [0.3, 0.4) is 0 Å². The summed E-state index contributed by atoms with van der Waals surface area (Å²) in [6.45, 7) is 4.24. The highest BCUT2D eigenvalue weighted by Gasteiger charge is 2.22. The van der Waals surface area contributed by atoms with Gasteiger partial charge < -0.3 is 14.6 Å². The number of ether oxygens (including phenoxy) is 1. The van der Waals surface area contributed by atoms with Gasteiger partial charge in [-0.2, -0.15) is 4.98 Å². The van der Waals surface area contributed by atoms with Crippen LogP contribution in [0.2, 0.25) is 0 Å². The van der Waals surface area contributed by atoms with E-state index in [0.29, 0.717) is 17.8 Å². The quantitative estimate of drug-likeness (QED) is 0.878. The van der Waals surface area contributed by atoms with Crippen LogP contribution in [0.25, 0.3) is 11.4 Å². The molecular weight excluding hydrogens is 254 g/mol. The van der Waals surface area contributed by atoms with E-state index >= 15 is 0 Å². The van der Waals surface area contributed by atoms with E-state index in [2.05, 4.69) is 29.3 Å². The number of methoxy groups -OCH3 is 1. The van der Waals surface area contributed by atoms with Gasteiger partial charge in [-0.15, -0.1) is 0 Å². The molecule has 108 valence electrons. The smallest absolute Gasteiger partial charge is 0.231 e. The van der Waals surface area contributed by atoms with Gasteiger partial charge >= 0.3 is 0 Å². The van der Waals surface area contributed by atoms with Crippen LogP contribution in [0.5, 0.6) is 5.75 Å².